The summed E-state index contributed by atoms with van der Waals surface area (Å²) in [6.07, 6.45) is 14.6. The summed E-state index contributed by atoms with van der Waals surface area (Å²) in [4.78, 5) is 0. The van der Waals surface area contributed by atoms with E-state index in [9.17, 15) is 13.2 Å². The predicted molar refractivity (Wildman–Crippen MR) is 96.0 cm³/mol. The number of unbranched alkanes of at least 4 members (excludes halogenated alkanes) is 1. The van der Waals surface area contributed by atoms with E-state index in [0.29, 0.717) is 24.0 Å². The van der Waals surface area contributed by atoms with E-state index in [0.717, 1.165) is 18.3 Å². The molecule has 2 aliphatic carbocycles. The van der Waals surface area contributed by atoms with Gasteiger partial charge in [0.05, 0.1) is 0 Å². The van der Waals surface area contributed by atoms with Gasteiger partial charge in [0, 0.05) is 0 Å². The highest BCUT2D eigenvalue weighted by atomic mass is 19.2. The molecule has 0 aromatic heterocycles. The van der Waals surface area contributed by atoms with Crippen LogP contribution in [0.2, 0.25) is 0 Å². The molecule has 2 aliphatic rings. The van der Waals surface area contributed by atoms with E-state index in [1.54, 1.807) is 0 Å². The SMILES string of the molecule is CCCCC1CCC(CCC2=CCc3c(cc(F)c(F)c3F)C2)CC1. The third kappa shape index (κ3) is 4.48. The Hall–Kier alpha value is -1.25. The molecule has 138 valence electrons. The van der Waals surface area contributed by atoms with E-state index in [4.69, 9.17) is 0 Å². The van der Waals surface area contributed by atoms with E-state index in [1.807, 2.05) is 6.08 Å². The Morgan fingerprint density at radius 2 is 1.64 bits per heavy atom. The van der Waals surface area contributed by atoms with Crippen molar-refractivity contribution in [3.05, 3.63) is 46.3 Å². The molecule has 0 nitrogen and oxygen atoms in total. The monoisotopic (exact) mass is 350 g/mol. The second kappa shape index (κ2) is 8.42. The molecule has 0 bridgehead atoms. The van der Waals surface area contributed by atoms with Gasteiger partial charge in [0.15, 0.2) is 17.5 Å². The molecule has 3 rings (SSSR count). The smallest absolute Gasteiger partial charge is 0.194 e. The van der Waals surface area contributed by atoms with Crippen LogP contribution in [0.1, 0.15) is 75.8 Å². The van der Waals surface area contributed by atoms with Gasteiger partial charge in [0.1, 0.15) is 0 Å². The zero-order valence-corrected chi connectivity index (χ0v) is 15.2. The van der Waals surface area contributed by atoms with E-state index in [2.05, 4.69) is 6.92 Å². The standard InChI is InChI=1S/C22H29F3/c1-2-3-4-15-5-7-16(8-6-15)9-10-17-11-12-19-18(13-17)14-20(23)22(25)21(19)24/h11,14-16H,2-10,12-13H2,1H3. The van der Waals surface area contributed by atoms with Gasteiger partial charge < -0.3 is 0 Å². The second-order valence-corrected chi connectivity index (χ2v) is 7.93. The average Bonchev–Trinajstić information content (AvgIpc) is 2.63. The number of benzene rings is 1. The van der Waals surface area contributed by atoms with Gasteiger partial charge in [0.2, 0.25) is 0 Å². The molecule has 0 amide bonds. The Balaban J connectivity index is 1.49. The highest BCUT2D eigenvalue weighted by Crippen LogP contribution is 2.36. The van der Waals surface area contributed by atoms with Crippen molar-refractivity contribution < 1.29 is 13.2 Å². The van der Waals surface area contributed by atoms with Crippen LogP contribution in [0.5, 0.6) is 0 Å². The summed E-state index contributed by atoms with van der Waals surface area (Å²) in [6.45, 7) is 2.26. The summed E-state index contributed by atoms with van der Waals surface area (Å²) < 4.78 is 40.6. The Labute approximate surface area is 149 Å². The molecule has 0 heterocycles. The summed E-state index contributed by atoms with van der Waals surface area (Å²) >= 11 is 0. The van der Waals surface area contributed by atoms with E-state index in [-0.39, 0.29) is 0 Å². The van der Waals surface area contributed by atoms with Crippen LogP contribution >= 0.6 is 0 Å². The lowest BCUT2D eigenvalue weighted by atomic mass is 9.77. The van der Waals surface area contributed by atoms with E-state index < -0.39 is 17.5 Å². The van der Waals surface area contributed by atoms with Gasteiger partial charge in [-0.25, -0.2) is 13.2 Å². The zero-order chi connectivity index (χ0) is 17.8. The van der Waals surface area contributed by atoms with Gasteiger partial charge in [-0.2, -0.15) is 0 Å². The molecule has 0 N–H and O–H groups in total. The first-order valence-electron chi connectivity index (χ1n) is 9.91. The van der Waals surface area contributed by atoms with Crippen molar-refractivity contribution in [3.8, 4) is 0 Å². The summed E-state index contributed by atoms with van der Waals surface area (Å²) in [5.74, 6) is -1.69. The molecule has 1 saturated carbocycles. The highest BCUT2D eigenvalue weighted by Gasteiger charge is 2.23. The van der Waals surface area contributed by atoms with Crippen molar-refractivity contribution in [2.75, 3.05) is 0 Å². The molecule has 0 spiro atoms. The van der Waals surface area contributed by atoms with Crippen molar-refractivity contribution in [1.29, 1.82) is 0 Å². The molecular weight excluding hydrogens is 321 g/mol. The summed E-state index contributed by atoms with van der Waals surface area (Å²) in [5.41, 5.74) is 2.21. The first kappa shape index (κ1) is 18.5. The maximum absolute atomic E-state index is 13.8. The van der Waals surface area contributed by atoms with Crippen molar-refractivity contribution in [2.45, 2.75) is 77.6 Å². The van der Waals surface area contributed by atoms with Crippen molar-refractivity contribution in [1.82, 2.24) is 0 Å². The number of allylic oxidation sites excluding steroid dienone is 2. The fourth-order valence-electron chi connectivity index (χ4n) is 4.50. The minimum absolute atomic E-state index is 0.332. The molecule has 0 radical (unpaired) electrons. The molecule has 1 aromatic carbocycles. The van der Waals surface area contributed by atoms with Gasteiger partial charge in [-0.1, -0.05) is 63.5 Å². The van der Waals surface area contributed by atoms with Gasteiger partial charge >= 0.3 is 0 Å². The molecule has 1 fully saturated rings. The van der Waals surface area contributed by atoms with Crippen LogP contribution < -0.4 is 0 Å². The normalized spacial score (nSPS) is 23.3. The Morgan fingerprint density at radius 3 is 2.32 bits per heavy atom. The van der Waals surface area contributed by atoms with Crippen molar-refractivity contribution in [3.63, 3.8) is 0 Å². The van der Waals surface area contributed by atoms with Crippen LogP contribution in [0.4, 0.5) is 13.2 Å². The third-order valence-electron chi connectivity index (χ3n) is 6.17. The molecule has 0 unspecified atom stereocenters. The quantitative estimate of drug-likeness (QED) is 0.386. The topological polar surface area (TPSA) is 0 Å². The highest BCUT2D eigenvalue weighted by molar-refractivity contribution is 5.39. The minimum atomic E-state index is -1.34. The van der Waals surface area contributed by atoms with Gasteiger partial charge in [-0.05, 0) is 54.7 Å². The van der Waals surface area contributed by atoms with Crippen LogP contribution in [0.25, 0.3) is 0 Å². The number of fused-ring (bicyclic) bond motifs is 1. The van der Waals surface area contributed by atoms with E-state index in [1.165, 1.54) is 63.0 Å². The molecule has 0 saturated heterocycles. The van der Waals surface area contributed by atoms with Crippen molar-refractivity contribution >= 4 is 0 Å². The van der Waals surface area contributed by atoms with Gasteiger partial charge in [-0.15, -0.1) is 0 Å². The molecule has 0 atom stereocenters. The third-order valence-corrected chi connectivity index (χ3v) is 6.17. The van der Waals surface area contributed by atoms with Crippen LogP contribution in [0.15, 0.2) is 17.7 Å². The fourth-order valence-corrected chi connectivity index (χ4v) is 4.50. The predicted octanol–water partition coefficient (Wildman–Crippen LogP) is 6.91. The lowest BCUT2D eigenvalue weighted by Gasteiger charge is -2.29. The average molecular weight is 350 g/mol. The molecule has 1 aromatic rings. The number of rotatable bonds is 6. The maximum atomic E-state index is 13.8. The van der Waals surface area contributed by atoms with E-state index >= 15 is 0 Å². The summed E-state index contributed by atoms with van der Waals surface area (Å²) in [5, 5.41) is 0. The summed E-state index contributed by atoms with van der Waals surface area (Å²) in [6, 6.07) is 1.18. The van der Waals surface area contributed by atoms with Crippen LogP contribution in [-0.2, 0) is 12.8 Å². The summed E-state index contributed by atoms with van der Waals surface area (Å²) in [7, 11) is 0. The van der Waals surface area contributed by atoms with Gasteiger partial charge in [-0.3, -0.25) is 0 Å². The lowest BCUT2D eigenvalue weighted by Crippen LogP contribution is -2.15. The number of halogens is 3. The van der Waals surface area contributed by atoms with Crippen LogP contribution in [0, 0.1) is 29.3 Å². The molecule has 0 aliphatic heterocycles. The second-order valence-electron chi connectivity index (χ2n) is 7.93. The number of hydrogen-bond donors (Lipinski definition) is 0. The largest absolute Gasteiger partial charge is 0.204 e. The maximum Gasteiger partial charge on any atom is 0.194 e. The lowest BCUT2D eigenvalue weighted by molar-refractivity contribution is 0.249. The van der Waals surface area contributed by atoms with Crippen LogP contribution in [0.3, 0.4) is 0 Å². The first-order chi connectivity index (χ1) is 12.1. The Kier molecular flexibility index (Phi) is 6.24. The fraction of sp³-hybridized carbons (Fsp3) is 0.636. The Morgan fingerprint density at radius 1 is 0.960 bits per heavy atom. The first-order valence-corrected chi connectivity index (χ1v) is 9.91. The van der Waals surface area contributed by atoms with Crippen LogP contribution in [-0.4, -0.2) is 0 Å². The Bertz CT molecular complexity index is 625. The minimum Gasteiger partial charge on any atom is -0.204 e. The van der Waals surface area contributed by atoms with Crippen molar-refractivity contribution in [2.24, 2.45) is 11.8 Å². The molecular formula is C22H29F3. The zero-order valence-electron chi connectivity index (χ0n) is 15.2. The van der Waals surface area contributed by atoms with Gasteiger partial charge in [0.25, 0.3) is 0 Å². The molecule has 25 heavy (non-hydrogen) atoms. The molecule has 3 heteroatoms. The number of hydrogen-bond acceptors (Lipinski definition) is 0.